The topological polar surface area (TPSA) is 75.9 Å². The molecule has 1 fully saturated rings. The fourth-order valence-electron chi connectivity index (χ4n) is 3.67. The van der Waals surface area contributed by atoms with Crippen LogP contribution in [0, 0.1) is 0 Å². The van der Waals surface area contributed by atoms with Crippen molar-refractivity contribution in [3.8, 4) is 0 Å². The minimum Gasteiger partial charge on any atom is -0.338 e. The van der Waals surface area contributed by atoms with Crippen molar-refractivity contribution in [2.24, 2.45) is 0 Å². The molecule has 4 rings (SSSR count). The number of benzene rings is 1. The maximum atomic E-state index is 4.42. The van der Waals surface area contributed by atoms with Gasteiger partial charge in [0.05, 0.1) is 6.04 Å². The minimum absolute atomic E-state index is 0.0481. The zero-order valence-corrected chi connectivity index (χ0v) is 16.2. The van der Waals surface area contributed by atoms with Crippen molar-refractivity contribution in [1.82, 2.24) is 35.1 Å². The van der Waals surface area contributed by atoms with E-state index in [-0.39, 0.29) is 6.04 Å². The SMILES string of the molecule is CCCCn1nnnc1C(c1ccccc1)N1CCN(c2ncccn2)CC1. The molecule has 0 amide bonds. The summed E-state index contributed by atoms with van der Waals surface area (Å²) >= 11 is 0. The molecule has 0 bridgehead atoms. The van der Waals surface area contributed by atoms with Gasteiger partial charge >= 0.3 is 0 Å². The molecule has 1 aromatic carbocycles. The van der Waals surface area contributed by atoms with Crippen molar-refractivity contribution >= 4 is 5.95 Å². The first-order valence-corrected chi connectivity index (χ1v) is 9.94. The van der Waals surface area contributed by atoms with Gasteiger partial charge in [0.1, 0.15) is 0 Å². The number of nitrogens with zero attached hydrogens (tertiary/aromatic N) is 8. The van der Waals surface area contributed by atoms with E-state index in [2.05, 4.69) is 66.5 Å². The molecule has 8 nitrogen and oxygen atoms in total. The Balaban J connectivity index is 1.57. The van der Waals surface area contributed by atoms with Gasteiger partial charge in [-0.15, -0.1) is 5.10 Å². The second kappa shape index (κ2) is 8.88. The lowest BCUT2D eigenvalue weighted by Crippen LogP contribution is -2.48. The minimum atomic E-state index is 0.0481. The average molecular weight is 378 g/mol. The van der Waals surface area contributed by atoms with Crippen molar-refractivity contribution in [3.05, 3.63) is 60.2 Å². The molecular formula is C20H26N8. The van der Waals surface area contributed by atoms with E-state index in [1.54, 1.807) is 12.4 Å². The number of tetrazole rings is 1. The third kappa shape index (κ3) is 4.01. The van der Waals surface area contributed by atoms with Gasteiger partial charge in [-0.2, -0.15) is 0 Å². The van der Waals surface area contributed by atoms with E-state index < -0.39 is 0 Å². The van der Waals surface area contributed by atoms with Gasteiger partial charge in [0.2, 0.25) is 5.95 Å². The van der Waals surface area contributed by atoms with Gasteiger partial charge in [-0.25, -0.2) is 14.6 Å². The molecule has 0 N–H and O–H groups in total. The Morgan fingerprint density at radius 2 is 1.71 bits per heavy atom. The maximum absolute atomic E-state index is 4.42. The van der Waals surface area contributed by atoms with Crippen LogP contribution in [0.1, 0.15) is 37.2 Å². The molecule has 1 aliphatic rings. The van der Waals surface area contributed by atoms with E-state index in [9.17, 15) is 0 Å². The summed E-state index contributed by atoms with van der Waals surface area (Å²) in [7, 11) is 0. The number of piperazine rings is 1. The fraction of sp³-hybridized carbons (Fsp3) is 0.450. The average Bonchev–Trinajstić information content (AvgIpc) is 3.22. The lowest BCUT2D eigenvalue weighted by atomic mass is 10.0. The van der Waals surface area contributed by atoms with Gasteiger partial charge < -0.3 is 4.90 Å². The van der Waals surface area contributed by atoms with E-state index >= 15 is 0 Å². The predicted molar refractivity (Wildman–Crippen MR) is 107 cm³/mol. The van der Waals surface area contributed by atoms with Crippen LogP contribution in [0.2, 0.25) is 0 Å². The first kappa shape index (κ1) is 18.5. The van der Waals surface area contributed by atoms with Crippen LogP contribution >= 0.6 is 0 Å². The molecule has 28 heavy (non-hydrogen) atoms. The Bertz CT molecular complexity index is 843. The normalized spacial score (nSPS) is 16.2. The molecular weight excluding hydrogens is 352 g/mol. The monoisotopic (exact) mass is 378 g/mol. The molecule has 8 heteroatoms. The van der Waals surface area contributed by atoms with Gasteiger partial charge in [-0.1, -0.05) is 43.7 Å². The van der Waals surface area contributed by atoms with Crippen LogP contribution < -0.4 is 4.90 Å². The van der Waals surface area contributed by atoms with Gasteiger partial charge in [-0.05, 0) is 28.5 Å². The highest BCUT2D eigenvalue weighted by atomic mass is 15.6. The summed E-state index contributed by atoms with van der Waals surface area (Å²) < 4.78 is 1.97. The Labute approximate surface area is 165 Å². The van der Waals surface area contributed by atoms with Crippen LogP contribution in [0.3, 0.4) is 0 Å². The Morgan fingerprint density at radius 3 is 2.43 bits per heavy atom. The van der Waals surface area contributed by atoms with Gasteiger partial charge in [0.25, 0.3) is 0 Å². The molecule has 1 aliphatic heterocycles. The number of unbranched alkanes of at least 4 members (excludes halogenated alkanes) is 1. The smallest absolute Gasteiger partial charge is 0.225 e. The highest BCUT2D eigenvalue weighted by Gasteiger charge is 2.30. The zero-order valence-electron chi connectivity index (χ0n) is 16.2. The van der Waals surface area contributed by atoms with Crippen molar-refractivity contribution < 1.29 is 0 Å². The highest BCUT2D eigenvalue weighted by molar-refractivity contribution is 5.30. The second-order valence-electron chi connectivity index (χ2n) is 7.00. The molecule has 3 aromatic rings. The zero-order chi connectivity index (χ0) is 19.2. The molecule has 0 aliphatic carbocycles. The molecule has 0 saturated carbocycles. The molecule has 1 saturated heterocycles. The van der Waals surface area contributed by atoms with E-state index in [4.69, 9.17) is 0 Å². The van der Waals surface area contributed by atoms with E-state index in [1.165, 1.54) is 5.56 Å². The summed E-state index contributed by atoms with van der Waals surface area (Å²) in [4.78, 5) is 13.5. The van der Waals surface area contributed by atoms with Crippen LogP contribution in [0.4, 0.5) is 5.95 Å². The summed E-state index contributed by atoms with van der Waals surface area (Å²) in [6.45, 7) is 6.59. The number of hydrogen-bond acceptors (Lipinski definition) is 7. The second-order valence-corrected chi connectivity index (χ2v) is 7.00. The number of aromatic nitrogens is 6. The third-order valence-electron chi connectivity index (χ3n) is 5.16. The summed E-state index contributed by atoms with van der Waals surface area (Å²) in [6.07, 6.45) is 5.77. The number of hydrogen-bond donors (Lipinski definition) is 0. The van der Waals surface area contributed by atoms with Gasteiger partial charge in [0, 0.05) is 45.1 Å². The van der Waals surface area contributed by atoms with Gasteiger partial charge in [0.15, 0.2) is 5.82 Å². The van der Waals surface area contributed by atoms with Crippen LogP contribution in [0.5, 0.6) is 0 Å². The molecule has 1 atom stereocenters. The molecule has 1 unspecified atom stereocenters. The van der Waals surface area contributed by atoms with Crippen LogP contribution in [0.25, 0.3) is 0 Å². The van der Waals surface area contributed by atoms with Crippen molar-refractivity contribution in [2.45, 2.75) is 32.4 Å². The van der Waals surface area contributed by atoms with Crippen LogP contribution in [0.15, 0.2) is 48.8 Å². The standard InChI is InChI=1S/C20H26N8/c1-2-3-12-28-19(23-24-25-28)18(17-8-5-4-6-9-17)26-13-15-27(16-14-26)20-21-10-7-11-22-20/h4-11,18H,2-3,12-16H2,1H3. The summed E-state index contributed by atoms with van der Waals surface area (Å²) in [6, 6.07) is 12.4. The lowest BCUT2D eigenvalue weighted by molar-refractivity contribution is 0.199. The fourth-order valence-corrected chi connectivity index (χ4v) is 3.67. The quantitative estimate of drug-likeness (QED) is 0.624. The van der Waals surface area contributed by atoms with Crippen LogP contribution in [-0.2, 0) is 6.54 Å². The van der Waals surface area contributed by atoms with Crippen molar-refractivity contribution in [2.75, 3.05) is 31.1 Å². The highest BCUT2D eigenvalue weighted by Crippen LogP contribution is 2.28. The first-order valence-electron chi connectivity index (χ1n) is 9.94. The number of rotatable bonds is 7. The van der Waals surface area contributed by atoms with E-state index in [0.29, 0.717) is 0 Å². The maximum Gasteiger partial charge on any atom is 0.225 e. The van der Waals surface area contributed by atoms with Crippen molar-refractivity contribution in [3.63, 3.8) is 0 Å². The summed E-state index contributed by atoms with van der Waals surface area (Å²) in [5.41, 5.74) is 1.22. The molecule has 2 aromatic heterocycles. The predicted octanol–water partition coefficient (Wildman–Crippen LogP) is 2.17. The summed E-state index contributed by atoms with van der Waals surface area (Å²) in [5.74, 6) is 1.72. The van der Waals surface area contributed by atoms with Crippen molar-refractivity contribution in [1.29, 1.82) is 0 Å². The third-order valence-corrected chi connectivity index (χ3v) is 5.16. The number of aryl methyl sites for hydroxylation is 1. The molecule has 0 radical (unpaired) electrons. The van der Waals surface area contributed by atoms with E-state index in [1.807, 2.05) is 16.8 Å². The van der Waals surface area contributed by atoms with Gasteiger partial charge in [-0.3, -0.25) is 4.90 Å². The summed E-state index contributed by atoms with van der Waals surface area (Å²) in [5, 5.41) is 12.7. The Kier molecular flexibility index (Phi) is 5.86. The Hall–Kier alpha value is -2.87. The molecule has 146 valence electrons. The molecule has 0 spiro atoms. The van der Waals surface area contributed by atoms with E-state index in [0.717, 1.165) is 57.3 Å². The molecule has 3 heterocycles. The largest absolute Gasteiger partial charge is 0.338 e. The van der Waals surface area contributed by atoms with Crippen LogP contribution in [-0.4, -0.2) is 61.3 Å². The lowest BCUT2D eigenvalue weighted by Gasteiger charge is -2.38. The number of anilines is 1. The Morgan fingerprint density at radius 1 is 0.964 bits per heavy atom. The first-order chi connectivity index (χ1) is 13.9.